The number of benzene rings is 2. The molecule has 2 aromatic rings. The monoisotopic (exact) mass is 381 g/mol. The molecule has 7 nitrogen and oxygen atoms in total. The summed E-state index contributed by atoms with van der Waals surface area (Å²) in [5.41, 5.74) is 1.71. The largest absolute Gasteiger partial charge is 0.445 e. The summed E-state index contributed by atoms with van der Waals surface area (Å²) in [7, 11) is 0. The minimum absolute atomic E-state index is 0.0915. The quantitative estimate of drug-likeness (QED) is 0.330. The molecule has 0 bridgehead atoms. The highest BCUT2D eigenvalue weighted by Gasteiger charge is 2.49. The zero-order valence-electron chi connectivity index (χ0n) is 15.6. The molecule has 0 unspecified atom stereocenters. The molecule has 1 heterocycles. The molecule has 3 rings (SSSR count). The van der Waals surface area contributed by atoms with Gasteiger partial charge in [-0.3, -0.25) is 14.6 Å². The number of β-lactam (4-membered cyclic amide) rings is 1. The van der Waals surface area contributed by atoms with Crippen molar-refractivity contribution in [3.8, 4) is 0 Å². The lowest BCUT2D eigenvalue weighted by atomic mass is 9.82. The molecule has 7 heteroatoms. The third-order valence-corrected chi connectivity index (χ3v) is 4.88. The van der Waals surface area contributed by atoms with Crippen molar-refractivity contribution in [3.05, 3.63) is 71.8 Å². The van der Waals surface area contributed by atoms with Crippen LogP contribution in [0, 0.1) is 5.92 Å². The number of hydrogen-bond acceptors (Lipinski definition) is 5. The van der Waals surface area contributed by atoms with Crippen LogP contribution in [0.15, 0.2) is 60.7 Å². The Morgan fingerprint density at radius 3 is 2.21 bits per heavy atom. The van der Waals surface area contributed by atoms with Crippen LogP contribution in [-0.4, -0.2) is 34.9 Å². The third kappa shape index (κ3) is 4.37. The topological polar surface area (TPSA) is 102 Å². The van der Waals surface area contributed by atoms with E-state index in [4.69, 9.17) is 10.6 Å². The summed E-state index contributed by atoms with van der Waals surface area (Å²) in [6.07, 6.45) is -0.441. The number of ketones is 1. The van der Waals surface area contributed by atoms with Gasteiger partial charge in [0.1, 0.15) is 12.5 Å². The molecule has 2 aromatic carbocycles. The molecule has 1 aliphatic rings. The fraction of sp³-hybridized carbons (Fsp3) is 0.286. The van der Waals surface area contributed by atoms with Gasteiger partial charge in [-0.1, -0.05) is 60.7 Å². The van der Waals surface area contributed by atoms with Gasteiger partial charge in [0.25, 0.3) is 0 Å². The van der Waals surface area contributed by atoms with Crippen molar-refractivity contribution in [1.29, 1.82) is 0 Å². The van der Waals surface area contributed by atoms with Crippen molar-refractivity contribution in [3.63, 3.8) is 0 Å². The van der Waals surface area contributed by atoms with Crippen LogP contribution in [-0.2, 0) is 27.4 Å². The number of Topliss-reactive ketones (excluding diaryl/α,β-unsaturated/α-hetero) is 1. The lowest BCUT2D eigenvalue weighted by Gasteiger charge is -2.42. The van der Waals surface area contributed by atoms with Crippen LogP contribution in [0.25, 0.3) is 0 Å². The standard InChI is InChI=1S/C21H23N3O4/c1-14-18(20(26)24(14)22)19(25)17(12-15-8-4-2-5-9-15)23-21(27)28-13-16-10-6-3-7-11-16/h2-11,14,17-18H,12-13,22H2,1H3,(H,23,27)/t14-,17-,18-/m0/s1. The van der Waals surface area contributed by atoms with Gasteiger partial charge >= 0.3 is 6.09 Å². The fourth-order valence-electron chi connectivity index (χ4n) is 3.20. The Morgan fingerprint density at radius 2 is 1.64 bits per heavy atom. The molecule has 2 amide bonds. The Morgan fingerprint density at radius 1 is 1.07 bits per heavy atom. The second-order valence-corrected chi connectivity index (χ2v) is 6.81. The van der Waals surface area contributed by atoms with Gasteiger partial charge in [0, 0.05) is 0 Å². The number of hydrogen-bond donors (Lipinski definition) is 2. The molecule has 0 aliphatic carbocycles. The van der Waals surface area contributed by atoms with E-state index in [1.54, 1.807) is 6.92 Å². The number of nitrogens with zero attached hydrogens (tertiary/aromatic N) is 1. The Hall–Kier alpha value is -3.19. The van der Waals surface area contributed by atoms with Gasteiger partial charge in [-0.05, 0) is 24.5 Å². The van der Waals surface area contributed by atoms with Gasteiger partial charge in [-0.25, -0.2) is 10.6 Å². The highest BCUT2D eigenvalue weighted by atomic mass is 16.5. The Labute approximate surface area is 163 Å². The van der Waals surface area contributed by atoms with Gasteiger partial charge in [-0.15, -0.1) is 0 Å². The summed E-state index contributed by atoms with van der Waals surface area (Å²) in [4.78, 5) is 37.2. The molecular weight excluding hydrogens is 358 g/mol. The van der Waals surface area contributed by atoms with Gasteiger partial charge < -0.3 is 10.1 Å². The van der Waals surface area contributed by atoms with Gasteiger partial charge in [0.05, 0.1) is 12.1 Å². The Bertz CT molecular complexity index is 841. The van der Waals surface area contributed by atoms with Crippen LogP contribution in [0.1, 0.15) is 18.1 Å². The SMILES string of the molecule is C[C@H]1[C@@H](C(=O)[C@H](Cc2ccccc2)NC(=O)OCc2ccccc2)C(=O)N1N. The molecule has 0 saturated carbocycles. The maximum Gasteiger partial charge on any atom is 0.408 e. The summed E-state index contributed by atoms with van der Waals surface area (Å²) >= 11 is 0. The first-order valence-electron chi connectivity index (χ1n) is 9.10. The molecule has 0 aromatic heterocycles. The van der Waals surface area contributed by atoms with Crippen molar-refractivity contribution >= 4 is 17.8 Å². The minimum Gasteiger partial charge on any atom is -0.445 e. The first-order valence-corrected chi connectivity index (χ1v) is 9.10. The summed E-state index contributed by atoms with van der Waals surface area (Å²) in [5, 5.41) is 3.66. The van der Waals surface area contributed by atoms with Crippen molar-refractivity contribution in [1.82, 2.24) is 10.3 Å². The molecule has 3 atom stereocenters. The van der Waals surface area contributed by atoms with Crippen LogP contribution < -0.4 is 11.2 Å². The lowest BCUT2D eigenvalue weighted by Crippen LogP contribution is -2.67. The van der Waals surface area contributed by atoms with E-state index >= 15 is 0 Å². The van der Waals surface area contributed by atoms with E-state index in [-0.39, 0.29) is 18.8 Å². The smallest absolute Gasteiger partial charge is 0.408 e. The first kappa shape index (κ1) is 19.6. The maximum atomic E-state index is 12.9. The summed E-state index contributed by atoms with van der Waals surface area (Å²) < 4.78 is 5.23. The predicted octanol–water partition coefficient (Wildman–Crippen LogP) is 1.81. The Kier molecular flexibility index (Phi) is 6.06. The molecule has 146 valence electrons. The summed E-state index contributed by atoms with van der Waals surface area (Å²) in [5.74, 6) is 3.93. The van der Waals surface area contributed by atoms with Crippen molar-refractivity contribution in [2.75, 3.05) is 0 Å². The molecule has 1 saturated heterocycles. The van der Waals surface area contributed by atoms with E-state index < -0.39 is 30.0 Å². The van der Waals surface area contributed by atoms with E-state index in [1.165, 1.54) is 0 Å². The van der Waals surface area contributed by atoms with E-state index in [9.17, 15) is 14.4 Å². The molecule has 28 heavy (non-hydrogen) atoms. The van der Waals surface area contributed by atoms with Crippen LogP contribution in [0.5, 0.6) is 0 Å². The van der Waals surface area contributed by atoms with Crippen LogP contribution in [0.3, 0.4) is 0 Å². The number of carbonyl (C=O) groups excluding carboxylic acids is 3. The molecule has 0 spiro atoms. The molecule has 0 radical (unpaired) electrons. The number of nitrogens with two attached hydrogens (primary N) is 1. The zero-order valence-corrected chi connectivity index (χ0v) is 15.6. The van der Waals surface area contributed by atoms with Crippen molar-refractivity contribution in [2.45, 2.75) is 32.0 Å². The third-order valence-electron chi connectivity index (χ3n) is 4.88. The predicted molar refractivity (Wildman–Crippen MR) is 103 cm³/mol. The molecule has 1 aliphatic heterocycles. The zero-order chi connectivity index (χ0) is 20.1. The summed E-state index contributed by atoms with van der Waals surface area (Å²) in [6.45, 7) is 1.80. The lowest BCUT2D eigenvalue weighted by molar-refractivity contribution is -0.161. The van der Waals surface area contributed by atoms with Crippen molar-refractivity contribution in [2.24, 2.45) is 11.8 Å². The van der Waals surface area contributed by atoms with E-state index in [0.29, 0.717) is 0 Å². The van der Waals surface area contributed by atoms with Gasteiger partial charge in [0.2, 0.25) is 5.91 Å². The maximum absolute atomic E-state index is 12.9. The number of carbonyl (C=O) groups is 3. The molecular formula is C21H23N3O4. The number of rotatable bonds is 7. The van der Waals surface area contributed by atoms with E-state index in [1.807, 2.05) is 60.7 Å². The van der Waals surface area contributed by atoms with Gasteiger partial charge in [0.15, 0.2) is 5.78 Å². The minimum atomic E-state index is -0.879. The second kappa shape index (κ2) is 8.67. The molecule has 1 fully saturated rings. The van der Waals surface area contributed by atoms with E-state index in [0.717, 1.165) is 16.1 Å². The normalized spacial score (nSPS) is 19.5. The number of alkyl carbamates (subject to hydrolysis) is 1. The average Bonchev–Trinajstić information content (AvgIpc) is 2.73. The first-order chi connectivity index (χ1) is 13.5. The fourth-order valence-corrected chi connectivity index (χ4v) is 3.20. The average molecular weight is 381 g/mol. The molecule has 3 N–H and O–H groups in total. The Balaban J connectivity index is 1.68. The number of amides is 2. The number of ether oxygens (including phenoxy) is 1. The second-order valence-electron chi connectivity index (χ2n) is 6.81. The van der Waals surface area contributed by atoms with Crippen LogP contribution >= 0.6 is 0 Å². The summed E-state index contributed by atoms with van der Waals surface area (Å²) in [6, 6.07) is 17.2. The van der Waals surface area contributed by atoms with Gasteiger partial charge in [-0.2, -0.15) is 0 Å². The highest BCUT2D eigenvalue weighted by molar-refractivity contribution is 6.08. The number of nitrogens with one attached hydrogen (secondary N) is 1. The highest BCUT2D eigenvalue weighted by Crippen LogP contribution is 2.25. The van der Waals surface area contributed by atoms with Crippen LogP contribution in [0.2, 0.25) is 0 Å². The number of hydrazine groups is 1. The van der Waals surface area contributed by atoms with E-state index in [2.05, 4.69) is 5.32 Å². The van der Waals surface area contributed by atoms with Crippen molar-refractivity contribution < 1.29 is 19.1 Å². The van der Waals surface area contributed by atoms with Crippen LogP contribution in [0.4, 0.5) is 4.79 Å².